The first-order chi connectivity index (χ1) is 9.93. The lowest BCUT2D eigenvalue weighted by Gasteiger charge is -2.26. The highest BCUT2D eigenvalue weighted by atomic mass is 32.2. The number of benzene rings is 1. The number of nitrogens with one attached hydrogen (secondary N) is 1. The van der Waals surface area contributed by atoms with E-state index in [1.807, 2.05) is 31.2 Å². The monoisotopic (exact) mass is 313 g/mol. The number of aryl methyl sites for hydroxylation is 1. The lowest BCUT2D eigenvalue weighted by atomic mass is 10.1. The molecular weight excluding hydrogens is 286 g/mol. The summed E-state index contributed by atoms with van der Waals surface area (Å²) in [6.07, 6.45) is 1.74. The molecule has 6 heteroatoms. The summed E-state index contributed by atoms with van der Waals surface area (Å²) >= 11 is 0. The largest absolute Gasteiger partial charge is 0.317 e. The van der Waals surface area contributed by atoms with Crippen LogP contribution >= 0.6 is 0 Å². The van der Waals surface area contributed by atoms with E-state index in [0.29, 0.717) is 12.2 Å². The summed E-state index contributed by atoms with van der Waals surface area (Å²) in [5, 5.41) is 3.19. The van der Waals surface area contributed by atoms with E-state index < -0.39 is 10.2 Å². The van der Waals surface area contributed by atoms with Crippen molar-refractivity contribution in [1.29, 1.82) is 0 Å². The molecule has 0 bridgehead atoms. The molecule has 0 aliphatic rings. The third-order valence-electron chi connectivity index (χ3n) is 3.52. The van der Waals surface area contributed by atoms with Crippen molar-refractivity contribution in [3.63, 3.8) is 0 Å². The van der Waals surface area contributed by atoms with Crippen LogP contribution in [0, 0.1) is 0 Å². The summed E-state index contributed by atoms with van der Waals surface area (Å²) in [5.41, 5.74) is 1.88. The number of hydrogen-bond acceptors (Lipinski definition) is 3. The molecule has 0 unspecified atom stereocenters. The molecule has 1 aromatic carbocycles. The minimum absolute atomic E-state index is 0.507. The smallest absolute Gasteiger partial charge is 0.303 e. The fourth-order valence-electron chi connectivity index (χ4n) is 2.00. The van der Waals surface area contributed by atoms with Gasteiger partial charge in [0.15, 0.2) is 0 Å². The molecule has 0 heterocycles. The molecular formula is C15H27N3O2S. The average Bonchev–Trinajstić information content (AvgIpc) is 2.50. The van der Waals surface area contributed by atoms with E-state index in [4.69, 9.17) is 0 Å². The van der Waals surface area contributed by atoms with Crippen LogP contribution in [0.2, 0.25) is 0 Å². The Kier molecular flexibility index (Phi) is 7.14. The van der Waals surface area contributed by atoms with E-state index in [0.717, 1.165) is 25.9 Å². The van der Waals surface area contributed by atoms with E-state index >= 15 is 0 Å². The molecule has 21 heavy (non-hydrogen) atoms. The summed E-state index contributed by atoms with van der Waals surface area (Å²) < 4.78 is 27.7. The third kappa shape index (κ3) is 4.98. The molecule has 1 N–H and O–H groups in total. The number of rotatable bonds is 9. The first-order valence-electron chi connectivity index (χ1n) is 7.43. The standard InChI is InChI=1S/C15H27N3O2S/c1-5-14-8-10-15(11-9-14)18(4)21(19,20)17(3)13-7-12-16-6-2/h8-11,16H,5-7,12-13H2,1-4H3. The Morgan fingerprint density at radius 1 is 1.10 bits per heavy atom. The minimum atomic E-state index is -3.46. The Hall–Kier alpha value is -1.11. The molecule has 1 rings (SSSR count). The maximum atomic E-state index is 12.5. The second-order valence-corrected chi connectivity index (χ2v) is 7.09. The van der Waals surface area contributed by atoms with Crippen LogP contribution in [0.4, 0.5) is 5.69 Å². The highest BCUT2D eigenvalue weighted by Crippen LogP contribution is 2.19. The summed E-state index contributed by atoms with van der Waals surface area (Å²) in [5.74, 6) is 0. The predicted octanol–water partition coefficient (Wildman–Crippen LogP) is 1.86. The highest BCUT2D eigenvalue weighted by molar-refractivity contribution is 7.90. The van der Waals surface area contributed by atoms with Crippen LogP contribution in [0.5, 0.6) is 0 Å². The average molecular weight is 313 g/mol. The van der Waals surface area contributed by atoms with Gasteiger partial charge in [-0.25, -0.2) is 0 Å². The lowest BCUT2D eigenvalue weighted by Crippen LogP contribution is -2.40. The molecule has 0 spiro atoms. The second-order valence-electron chi connectivity index (χ2n) is 5.02. The van der Waals surface area contributed by atoms with Gasteiger partial charge in [0.1, 0.15) is 0 Å². The summed E-state index contributed by atoms with van der Waals surface area (Å²) in [6.45, 7) is 6.35. The zero-order valence-corrected chi connectivity index (χ0v) is 14.3. The topological polar surface area (TPSA) is 52.7 Å². The Balaban J connectivity index is 2.70. The van der Waals surface area contributed by atoms with Gasteiger partial charge < -0.3 is 5.32 Å². The predicted molar refractivity (Wildman–Crippen MR) is 88.9 cm³/mol. The molecule has 0 aliphatic heterocycles. The van der Waals surface area contributed by atoms with Crippen LogP contribution in [-0.4, -0.2) is 46.5 Å². The van der Waals surface area contributed by atoms with Gasteiger partial charge in [0.25, 0.3) is 0 Å². The maximum Gasteiger partial charge on any atom is 0.303 e. The van der Waals surface area contributed by atoms with Crippen molar-refractivity contribution < 1.29 is 8.42 Å². The van der Waals surface area contributed by atoms with Crippen LogP contribution in [-0.2, 0) is 16.6 Å². The van der Waals surface area contributed by atoms with E-state index in [1.54, 1.807) is 14.1 Å². The lowest BCUT2D eigenvalue weighted by molar-refractivity contribution is 0.454. The van der Waals surface area contributed by atoms with Crippen LogP contribution in [0.3, 0.4) is 0 Å². The zero-order chi connectivity index (χ0) is 15.9. The van der Waals surface area contributed by atoms with E-state index in [9.17, 15) is 8.42 Å². The quantitative estimate of drug-likeness (QED) is 0.708. The van der Waals surface area contributed by atoms with E-state index in [-0.39, 0.29) is 0 Å². The molecule has 0 radical (unpaired) electrons. The molecule has 120 valence electrons. The molecule has 0 aromatic heterocycles. The van der Waals surface area contributed by atoms with Crippen molar-refractivity contribution in [3.05, 3.63) is 29.8 Å². The molecule has 0 saturated carbocycles. The molecule has 5 nitrogen and oxygen atoms in total. The summed E-state index contributed by atoms with van der Waals surface area (Å²) in [4.78, 5) is 0. The first-order valence-corrected chi connectivity index (χ1v) is 8.83. The minimum Gasteiger partial charge on any atom is -0.317 e. The van der Waals surface area contributed by atoms with Crippen molar-refractivity contribution in [2.75, 3.05) is 38.0 Å². The number of hydrogen-bond donors (Lipinski definition) is 1. The Labute approximate surface area is 129 Å². The van der Waals surface area contributed by atoms with Gasteiger partial charge in [-0.2, -0.15) is 12.7 Å². The van der Waals surface area contributed by atoms with Gasteiger partial charge in [0, 0.05) is 20.6 Å². The number of anilines is 1. The number of nitrogens with zero attached hydrogens (tertiary/aromatic N) is 2. The molecule has 1 aromatic rings. The highest BCUT2D eigenvalue weighted by Gasteiger charge is 2.23. The second kappa shape index (κ2) is 8.36. The first kappa shape index (κ1) is 17.9. The molecule has 0 amide bonds. The SMILES string of the molecule is CCNCCCN(C)S(=O)(=O)N(C)c1ccc(CC)cc1. The van der Waals surface area contributed by atoms with Crippen LogP contribution < -0.4 is 9.62 Å². The van der Waals surface area contributed by atoms with E-state index in [1.165, 1.54) is 14.2 Å². The van der Waals surface area contributed by atoms with Gasteiger partial charge in [0.05, 0.1) is 5.69 Å². The van der Waals surface area contributed by atoms with Crippen LogP contribution in [0.1, 0.15) is 25.8 Å². The molecule has 0 fully saturated rings. The normalized spacial score (nSPS) is 11.9. The molecule has 0 saturated heterocycles. The van der Waals surface area contributed by atoms with Gasteiger partial charge in [-0.05, 0) is 43.6 Å². The van der Waals surface area contributed by atoms with Crippen molar-refractivity contribution in [2.24, 2.45) is 0 Å². The van der Waals surface area contributed by atoms with Gasteiger partial charge in [-0.1, -0.05) is 26.0 Å². The van der Waals surface area contributed by atoms with Crippen LogP contribution in [0.15, 0.2) is 24.3 Å². The maximum absolute atomic E-state index is 12.5. The van der Waals surface area contributed by atoms with Gasteiger partial charge in [0.2, 0.25) is 0 Å². The van der Waals surface area contributed by atoms with Crippen molar-refractivity contribution in [1.82, 2.24) is 9.62 Å². The third-order valence-corrected chi connectivity index (χ3v) is 5.40. The molecule has 0 atom stereocenters. The Morgan fingerprint density at radius 3 is 2.24 bits per heavy atom. The van der Waals surface area contributed by atoms with Gasteiger partial charge in [-0.3, -0.25) is 4.31 Å². The van der Waals surface area contributed by atoms with Crippen molar-refractivity contribution >= 4 is 15.9 Å². The zero-order valence-electron chi connectivity index (χ0n) is 13.5. The van der Waals surface area contributed by atoms with Crippen LogP contribution in [0.25, 0.3) is 0 Å². The van der Waals surface area contributed by atoms with Crippen molar-refractivity contribution in [3.8, 4) is 0 Å². The molecule has 0 aliphatic carbocycles. The van der Waals surface area contributed by atoms with Crippen molar-refractivity contribution in [2.45, 2.75) is 26.7 Å². The Morgan fingerprint density at radius 2 is 1.71 bits per heavy atom. The Bertz CT molecular complexity index is 514. The van der Waals surface area contributed by atoms with Gasteiger partial charge in [-0.15, -0.1) is 0 Å². The fraction of sp³-hybridized carbons (Fsp3) is 0.600. The van der Waals surface area contributed by atoms with Gasteiger partial charge >= 0.3 is 10.2 Å². The summed E-state index contributed by atoms with van der Waals surface area (Å²) in [7, 11) is -0.242. The van der Waals surface area contributed by atoms with E-state index in [2.05, 4.69) is 12.2 Å². The summed E-state index contributed by atoms with van der Waals surface area (Å²) in [6, 6.07) is 7.63. The fourth-order valence-corrected chi connectivity index (χ4v) is 3.17.